The maximum absolute atomic E-state index is 12.2. The molecule has 1 unspecified atom stereocenters. The van der Waals surface area contributed by atoms with Crippen molar-refractivity contribution in [1.82, 2.24) is 9.88 Å². The number of nitrogens with one attached hydrogen (secondary N) is 1. The first-order chi connectivity index (χ1) is 14.3. The number of hydrogen-bond acceptors (Lipinski definition) is 3. The van der Waals surface area contributed by atoms with Crippen molar-refractivity contribution in [1.29, 1.82) is 0 Å². The molecule has 5 nitrogen and oxygen atoms in total. The van der Waals surface area contributed by atoms with E-state index in [1.807, 2.05) is 19.9 Å². The van der Waals surface area contributed by atoms with Crippen molar-refractivity contribution in [3.63, 3.8) is 0 Å². The molecule has 0 bridgehead atoms. The van der Waals surface area contributed by atoms with E-state index in [0.717, 1.165) is 31.5 Å². The lowest BCUT2D eigenvalue weighted by atomic mass is 9.91. The molecule has 0 saturated heterocycles. The molecular weight excluding hydrogens is 372 g/mol. The maximum atomic E-state index is 12.2. The van der Waals surface area contributed by atoms with Crippen molar-refractivity contribution >= 4 is 28.2 Å². The van der Waals surface area contributed by atoms with Crippen LogP contribution in [0.2, 0.25) is 0 Å². The molecule has 4 rings (SSSR count). The first kappa shape index (κ1) is 20.3. The highest BCUT2D eigenvalue weighted by molar-refractivity contribution is 5.89. The Kier molecular flexibility index (Phi) is 5.46. The van der Waals surface area contributed by atoms with Gasteiger partial charge in [-0.15, -0.1) is 0 Å². The number of nitrogen functional groups attached to an aromatic ring is 1. The molecule has 1 atom stereocenters. The normalized spacial score (nSPS) is 16.0. The van der Waals surface area contributed by atoms with Crippen molar-refractivity contribution in [2.75, 3.05) is 24.7 Å². The van der Waals surface area contributed by atoms with Gasteiger partial charge >= 0.3 is 0 Å². The summed E-state index contributed by atoms with van der Waals surface area (Å²) >= 11 is 0. The summed E-state index contributed by atoms with van der Waals surface area (Å²) in [5, 5.41) is 4.45. The van der Waals surface area contributed by atoms with Crippen LogP contribution in [0.5, 0.6) is 0 Å². The zero-order valence-electron chi connectivity index (χ0n) is 18.4. The Labute approximate surface area is 178 Å². The predicted molar refractivity (Wildman–Crippen MR) is 125 cm³/mol. The summed E-state index contributed by atoms with van der Waals surface area (Å²) in [6.45, 7) is 4.71. The number of anilines is 2. The lowest BCUT2D eigenvalue weighted by molar-refractivity contribution is -0.124. The molecule has 1 aliphatic rings. The quantitative estimate of drug-likeness (QED) is 0.633. The van der Waals surface area contributed by atoms with Crippen LogP contribution in [0.25, 0.3) is 10.9 Å². The van der Waals surface area contributed by atoms with Crippen LogP contribution in [0.1, 0.15) is 37.1 Å². The Morgan fingerprint density at radius 1 is 1.23 bits per heavy atom. The molecule has 1 aromatic heterocycles. The molecule has 2 aromatic carbocycles. The highest BCUT2D eigenvalue weighted by Gasteiger charge is 2.27. The second kappa shape index (κ2) is 8.05. The summed E-state index contributed by atoms with van der Waals surface area (Å²) in [4.78, 5) is 14.4. The highest BCUT2D eigenvalue weighted by Crippen LogP contribution is 2.35. The lowest BCUT2D eigenvalue weighted by Gasteiger charge is -2.26. The van der Waals surface area contributed by atoms with Crippen LogP contribution in [0.4, 0.5) is 11.4 Å². The first-order valence-corrected chi connectivity index (χ1v) is 10.8. The zero-order chi connectivity index (χ0) is 21.4. The fraction of sp³-hybridized carbons (Fsp3) is 0.400. The van der Waals surface area contributed by atoms with E-state index in [9.17, 15) is 4.79 Å². The molecular formula is C25H32N4O. The van der Waals surface area contributed by atoms with E-state index in [0.29, 0.717) is 0 Å². The smallest absolute Gasteiger partial charge is 0.222 e. The van der Waals surface area contributed by atoms with Crippen LogP contribution in [-0.2, 0) is 24.2 Å². The summed E-state index contributed by atoms with van der Waals surface area (Å²) in [7, 11) is 4.18. The van der Waals surface area contributed by atoms with Crippen molar-refractivity contribution in [2.24, 2.45) is 5.92 Å². The van der Waals surface area contributed by atoms with Crippen molar-refractivity contribution in [3.8, 4) is 0 Å². The summed E-state index contributed by atoms with van der Waals surface area (Å²) < 4.78 is 2.45. The third kappa shape index (κ3) is 3.76. The van der Waals surface area contributed by atoms with Gasteiger partial charge in [-0.05, 0) is 54.7 Å². The minimum absolute atomic E-state index is 0.00548. The monoisotopic (exact) mass is 404 g/mol. The topological polar surface area (TPSA) is 63.3 Å². The van der Waals surface area contributed by atoms with E-state index in [-0.39, 0.29) is 17.9 Å². The molecule has 0 saturated carbocycles. The molecule has 158 valence electrons. The molecule has 0 aliphatic heterocycles. The number of benzene rings is 2. The van der Waals surface area contributed by atoms with Crippen LogP contribution in [0, 0.1) is 5.92 Å². The number of amides is 1. The Morgan fingerprint density at radius 3 is 2.73 bits per heavy atom. The van der Waals surface area contributed by atoms with Crippen molar-refractivity contribution < 1.29 is 4.79 Å². The lowest BCUT2D eigenvalue weighted by Crippen LogP contribution is -2.41. The maximum Gasteiger partial charge on any atom is 0.222 e. The SMILES string of the molecule is CC(C)C(=O)NC1CCc2c(c3cc(N)ccc3n2Cc2ccccc2N(C)C)C1. The van der Waals surface area contributed by atoms with Gasteiger partial charge in [-0.1, -0.05) is 32.0 Å². The van der Waals surface area contributed by atoms with Gasteiger partial charge in [0.1, 0.15) is 0 Å². The molecule has 3 aromatic rings. The molecule has 3 N–H and O–H groups in total. The van der Waals surface area contributed by atoms with Gasteiger partial charge in [0.05, 0.1) is 0 Å². The van der Waals surface area contributed by atoms with Crippen LogP contribution < -0.4 is 16.0 Å². The average Bonchev–Trinajstić information content (AvgIpc) is 3.00. The van der Waals surface area contributed by atoms with Crippen LogP contribution in [-0.4, -0.2) is 30.6 Å². The number of nitrogens with two attached hydrogens (primary N) is 1. The molecule has 1 aliphatic carbocycles. The average molecular weight is 405 g/mol. The van der Waals surface area contributed by atoms with Gasteiger partial charge in [0, 0.05) is 60.6 Å². The number of carbonyl (C=O) groups excluding carboxylic acids is 1. The second-order valence-corrected chi connectivity index (χ2v) is 8.91. The van der Waals surface area contributed by atoms with Crippen LogP contribution in [0.3, 0.4) is 0 Å². The summed E-state index contributed by atoms with van der Waals surface area (Å²) in [5.41, 5.74) is 13.4. The Morgan fingerprint density at radius 2 is 2.00 bits per heavy atom. The number of nitrogens with zero attached hydrogens (tertiary/aromatic N) is 2. The summed E-state index contributed by atoms with van der Waals surface area (Å²) in [6, 6.07) is 15.0. The number of carbonyl (C=O) groups is 1. The van der Waals surface area contributed by atoms with Gasteiger partial charge in [-0.2, -0.15) is 0 Å². The number of aromatic nitrogens is 1. The molecule has 30 heavy (non-hydrogen) atoms. The minimum Gasteiger partial charge on any atom is -0.399 e. The number of para-hydroxylation sites is 1. The summed E-state index contributed by atoms with van der Waals surface area (Å²) in [6.07, 6.45) is 2.78. The van der Waals surface area contributed by atoms with E-state index in [2.05, 4.69) is 65.3 Å². The van der Waals surface area contributed by atoms with E-state index in [1.54, 1.807) is 0 Å². The van der Waals surface area contributed by atoms with E-state index >= 15 is 0 Å². The molecule has 0 spiro atoms. The van der Waals surface area contributed by atoms with Crippen LogP contribution in [0.15, 0.2) is 42.5 Å². The molecule has 0 radical (unpaired) electrons. The third-order valence-electron chi connectivity index (χ3n) is 6.16. The van der Waals surface area contributed by atoms with E-state index in [4.69, 9.17) is 5.73 Å². The highest BCUT2D eigenvalue weighted by atomic mass is 16.1. The van der Waals surface area contributed by atoms with E-state index in [1.165, 1.54) is 33.4 Å². The largest absolute Gasteiger partial charge is 0.399 e. The number of fused-ring (bicyclic) bond motifs is 3. The Hall–Kier alpha value is -2.95. The number of rotatable bonds is 5. The predicted octanol–water partition coefficient (Wildman–Crippen LogP) is 3.97. The standard InChI is InChI=1S/C25H32N4O/c1-16(2)25(30)27-19-10-12-24-21(14-19)20-13-18(26)9-11-23(20)29(24)15-17-7-5-6-8-22(17)28(3)4/h5-9,11,13,16,19H,10,12,14-15,26H2,1-4H3,(H,27,30). The van der Waals surface area contributed by atoms with Gasteiger partial charge in [-0.25, -0.2) is 0 Å². The fourth-order valence-electron chi connectivity index (χ4n) is 4.59. The van der Waals surface area contributed by atoms with Gasteiger partial charge in [0.2, 0.25) is 5.91 Å². The first-order valence-electron chi connectivity index (χ1n) is 10.8. The third-order valence-corrected chi connectivity index (χ3v) is 6.16. The van der Waals surface area contributed by atoms with E-state index < -0.39 is 0 Å². The van der Waals surface area contributed by atoms with Gasteiger partial charge in [-0.3, -0.25) is 4.79 Å². The number of hydrogen-bond donors (Lipinski definition) is 2. The Balaban J connectivity index is 1.75. The fourth-order valence-corrected chi connectivity index (χ4v) is 4.59. The summed E-state index contributed by atoms with van der Waals surface area (Å²) in [5.74, 6) is 0.137. The van der Waals surface area contributed by atoms with Gasteiger partial charge in [0.25, 0.3) is 0 Å². The molecule has 5 heteroatoms. The molecule has 1 heterocycles. The van der Waals surface area contributed by atoms with Gasteiger partial charge < -0.3 is 20.5 Å². The minimum atomic E-state index is 0.00548. The van der Waals surface area contributed by atoms with Crippen molar-refractivity contribution in [2.45, 2.75) is 45.7 Å². The molecule has 0 fully saturated rings. The zero-order valence-corrected chi connectivity index (χ0v) is 18.4. The Bertz CT molecular complexity index is 1080. The second-order valence-electron chi connectivity index (χ2n) is 8.91. The molecule has 1 amide bonds. The van der Waals surface area contributed by atoms with Crippen LogP contribution >= 0.6 is 0 Å². The van der Waals surface area contributed by atoms with Crippen molar-refractivity contribution in [3.05, 3.63) is 59.3 Å². The van der Waals surface area contributed by atoms with Gasteiger partial charge in [0.15, 0.2) is 0 Å².